The highest BCUT2D eigenvalue weighted by Gasteiger charge is 2.32. The number of hydrogen-bond donors (Lipinski definition) is 0. The average Bonchev–Trinajstić information content (AvgIpc) is 2.81. The van der Waals surface area contributed by atoms with E-state index in [1.807, 2.05) is 42.5 Å². The number of halogens is 1. The Balaban J connectivity index is 1.54. The standard InChI is InChI=1S/C25H25ClN2O3S/c1-19(29)20-9-13-24(14-10-20)32(30,31)28-17-15-27(16-18-28)25(21-5-3-2-4-6-21)22-7-11-23(26)12-8-22/h2-14,25H,15-18H2,1H3/t25-/m1/s1. The van der Waals surface area contributed by atoms with Gasteiger partial charge in [0.25, 0.3) is 0 Å². The van der Waals surface area contributed by atoms with Crippen molar-refractivity contribution in [3.05, 3.63) is 101 Å². The predicted molar refractivity (Wildman–Crippen MR) is 127 cm³/mol. The van der Waals surface area contributed by atoms with Crippen molar-refractivity contribution in [3.8, 4) is 0 Å². The molecular weight excluding hydrogens is 444 g/mol. The van der Waals surface area contributed by atoms with E-state index in [4.69, 9.17) is 11.6 Å². The van der Waals surface area contributed by atoms with Gasteiger partial charge in [-0.1, -0.05) is 66.2 Å². The summed E-state index contributed by atoms with van der Waals surface area (Å²) in [5.41, 5.74) is 2.78. The fourth-order valence-electron chi connectivity index (χ4n) is 4.11. The number of carbonyl (C=O) groups is 1. The Hall–Kier alpha value is -2.51. The molecule has 1 saturated heterocycles. The number of hydrogen-bond acceptors (Lipinski definition) is 4. The van der Waals surface area contributed by atoms with Gasteiger partial charge in [0.05, 0.1) is 10.9 Å². The SMILES string of the molecule is CC(=O)c1ccc(S(=O)(=O)N2CCN([C@H](c3ccccc3)c3ccc(Cl)cc3)CC2)cc1. The van der Waals surface area contributed by atoms with Gasteiger partial charge in [-0.3, -0.25) is 9.69 Å². The maximum Gasteiger partial charge on any atom is 0.243 e. The Morgan fingerprint density at radius 2 is 1.38 bits per heavy atom. The van der Waals surface area contributed by atoms with Gasteiger partial charge in [0.1, 0.15) is 0 Å². The van der Waals surface area contributed by atoms with E-state index in [9.17, 15) is 13.2 Å². The van der Waals surface area contributed by atoms with Gasteiger partial charge in [-0.05, 0) is 42.3 Å². The number of benzene rings is 3. The number of nitrogens with zero attached hydrogens (tertiary/aromatic N) is 2. The number of ketones is 1. The van der Waals surface area contributed by atoms with Crippen LogP contribution in [-0.2, 0) is 10.0 Å². The number of piperazine rings is 1. The third-order valence-corrected chi connectivity index (χ3v) is 8.00. The second kappa shape index (κ2) is 9.55. The van der Waals surface area contributed by atoms with E-state index in [0.717, 1.165) is 11.1 Å². The van der Waals surface area contributed by atoms with Gasteiger partial charge in [0, 0.05) is 36.8 Å². The van der Waals surface area contributed by atoms with Crippen LogP contribution in [0.4, 0.5) is 0 Å². The van der Waals surface area contributed by atoms with Crippen molar-refractivity contribution in [2.75, 3.05) is 26.2 Å². The lowest BCUT2D eigenvalue weighted by Crippen LogP contribution is -2.49. The largest absolute Gasteiger partial charge is 0.295 e. The molecule has 0 saturated carbocycles. The van der Waals surface area contributed by atoms with Gasteiger partial charge in [-0.25, -0.2) is 8.42 Å². The first-order valence-corrected chi connectivity index (χ1v) is 12.3. The van der Waals surface area contributed by atoms with Crippen LogP contribution in [0.3, 0.4) is 0 Å². The molecule has 5 nitrogen and oxygen atoms in total. The Morgan fingerprint density at radius 1 is 0.812 bits per heavy atom. The van der Waals surface area contributed by atoms with Crippen LogP contribution in [0, 0.1) is 0 Å². The van der Waals surface area contributed by atoms with Crippen LogP contribution in [0.15, 0.2) is 83.8 Å². The molecule has 1 atom stereocenters. The minimum atomic E-state index is -3.61. The molecular formula is C25H25ClN2O3S. The number of Topliss-reactive ketones (excluding diaryl/α,β-unsaturated/α-hetero) is 1. The van der Waals surface area contributed by atoms with E-state index >= 15 is 0 Å². The van der Waals surface area contributed by atoms with E-state index in [-0.39, 0.29) is 16.7 Å². The highest BCUT2D eigenvalue weighted by molar-refractivity contribution is 7.89. The lowest BCUT2D eigenvalue weighted by Gasteiger charge is -2.39. The van der Waals surface area contributed by atoms with Crippen LogP contribution in [0.1, 0.15) is 34.5 Å². The molecule has 1 heterocycles. The number of sulfonamides is 1. The minimum absolute atomic E-state index is 0.0215. The van der Waals surface area contributed by atoms with Crippen molar-refractivity contribution in [2.45, 2.75) is 17.9 Å². The van der Waals surface area contributed by atoms with Gasteiger partial charge in [-0.2, -0.15) is 4.31 Å². The summed E-state index contributed by atoms with van der Waals surface area (Å²) in [6, 6.07) is 24.2. The van der Waals surface area contributed by atoms with Crippen LogP contribution in [-0.4, -0.2) is 49.6 Å². The zero-order valence-corrected chi connectivity index (χ0v) is 19.4. The molecule has 0 bridgehead atoms. The molecule has 1 fully saturated rings. The van der Waals surface area contributed by atoms with Crippen molar-refractivity contribution in [3.63, 3.8) is 0 Å². The summed E-state index contributed by atoms with van der Waals surface area (Å²) >= 11 is 6.10. The van der Waals surface area contributed by atoms with Crippen LogP contribution in [0.25, 0.3) is 0 Å². The van der Waals surface area contributed by atoms with Crippen LogP contribution in [0.2, 0.25) is 5.02 Å². The van der Waals surface area contributed by atoms with Gasteiger partial charge < -0.3 is 0 Å². The molecule has 1 aliphatic heterocycles. The topological polar surface area (TPSA) is 57.7 Å². The summed E-state index contributed by atoms with van der Waals surface area (Å²) in [7, 11) is -3.61. The Bertz CT molecular complexity index is 1170. The first-order chi connectivity index (χ1) is 15.4. The number of rotatable bonds is 6. The molecule has 4 rings (SSSR count). The molecule has 0 aromatic heterocycles. The van der Waals surface area contributed by atoms with Crippen molar-refractivity contribution in [1.82, 2.24) is 9.21 Å². The van der Waals surface area contributed by atoms with Gasteiger partial charge in [-0.15, -0.1) is 0 Å². The zero-order chi connectivity index (χ0) is 22.7. The molecule has 3 aromatic rings. The van der Waals surface area contributed by atoms with Crippen molar-refractivity contribution < 1.29 is 13.2 Å². The van der Waals surface area contributed by atoms with E-state index in [0.29, 0.717) is 36.8 Å². The molecule has 166 valence electrons. The molecule has 3 aromatic carbocycles. The average molecular weight is 469 g/mol. The third-order valence-electron chi connectivity index (χ3n) is 5.84. The van der Waals surface area contributed by atoms with Crippen molar-refractivity contribution in [1.29, 1.82) is 0 Å². The molecule has 0 amide bonds. The quantitative estimate of drug-likeness (QED) is 0.494. The maximum absolute atomic E-state index is 13.1. The number of carbonyl (C=O) groups excluding carboxylic acids is 1. The molecule has 32 heavy (non-hydrogen) atoms. The Morgan fingerprint density at radius 3 is 1.94 bits per heavy atom. The van der Waals surface area contributed by atoms with Gasteiger partial charge >= 0.3 is 0 Å². The molecule has 0 radical (unpaired) electrons. The summed E-state index contributed by atoms with van der Waals surface area (Å²) in [5.74, 6) is -0.0864. The molecule has 0 unspecified atom stereocenters. The van der Waals surface area contributed by atoms with E-state index < -0.39 is 10.0 Å². The summed E-state index contributed by atoms with van der Waals surface area (Å²) < 4.78 is 27.8. The van der Waals surface area contributed by atoms with Crippen LogP contribution >= 0.6 is 11.6 Å². The van der Waals surface area contributed by atoms with Crippen LogP contribution < -0.4 is 0 Å². The van der Waals surface area contributed by atoms with Crippen molar-refractivity contribution in [2.24, 2.45) is 0 Å². The molecule has 1 aliphatic rings. The molecule has 7 heteroatoms. The fraction of sp³-hybridized carbons (Fsp3) is 0.240. The molecule has 0 aliphatic carbocycles. The summed E-state index contributed by atoms with van der Waals surface area (Å²) in [6.45, 7) is 3.47. The third kappa shape index (κ3) is 4.79. The predicted octanol–water partition coefficient (Wildman–Crippen LogP) is 4.64. The molecule has 0 N–H and O–H groups in total. The maximum atomic E-state index is 13.1. The summed E-state index contributed by atoms with van der Waals surface area (Å²) in [4.78, 5) is 14.0. The monoisotopic (exact) mass is 468 g/mol. The van der Waals surface area contributed by atoms with E-state index in [1.165, 1.54) is 23.4 Å². The van der Waals surface area contributed by atoms with E-state index in [2.05, 4.69) is 17.0 Å². The summed E-state index contributed by atoms with van der Waals surface area (Å²) in [6.07, 6.45) is 0. The summed E-state index contributed by atoms with van der Waals surface area (Å²) in [5, 5.41) is 0.687. The minimum Gasteiger partial charge on any atom is -0.295 e. The first kappa shape index (κ1) is 22.7. The van der Waals surface area contributed by atoms with Crippen LogP contribution in [0.5, 0.6) is 0 Å². The van der Waals surface area contributed by atoms with Gasteiger partial charge in [0.2, 0.25) is 10.0 Å². The zero-order valence-electron chi connectivity index (χ0n) is 17.8. The lowest BCUT2D eigenvalue weighted by molar-refractivity contribution is 0.101. The van der Waals surface area contributed by atoms with Crippen molar-refractivity contribution >= 4 is 27.4 Å². The Labute approximate surface area is 194 Å². The second-order valence-electron chi connectivity index (χ2n) is 7.89. The van der Waals surface area contributed by atoms with Gasteiger partial charge in [0.15, 0.2) is 5.78 Å². The Kier molecular flexibility index (Phi) is 6.76. The van der Waals surface area contributed by atoms with E-state index in [1.54, 1.807) is 12.1 Å². The fourth-order valence-corrected chi connectivity index (χ4v) is 5.66. The normalized spacial score (nSPS) is 16.6. The first-order valence-electron chi connectivity index (χ1n) is 10.5. The second-order valence-corrected chi connectivity index (χ2v) is 10.3. The highest BCUT2D eigenvalue weighted by Crippen LogP contribution is 2.31. The molecule has 0 spiro atoms. The highest BCUT2D eigenvalue weighted by atomic mass is 35.5. The lowest BCUT2D eigenvalue weighted by atomic mass is 9.96. The smallest absolute Gasteiger partial charge is 0.243 e.